The lowest BCUT2D eigenvalue weighted by Gasteiger charge is -2.18. The van der Waals surface area contributed by atoms with Gasteiger partial charge in [-0.2, -0.15) is 0 Å². The first-order valence-electron chi connectivity index (χ1n) is 5.59. The van der Waals surface area contributed by atoms with Gasteiger partial charge in [0.15, 0.2) is 0 Å². The van der Waals surface area contributed by atoms with Crippen LogP contribution >= 0.6 is 0 Å². The molecule has 1 aromatic carbocycles. The Morgan fingerprint density at radius 3 is 2.88 bits per heavy atom. The molecule has 1 aliphatic heterocycles. The van der Waals surface area contributed by atoms with Crippen LogP contribution in [0.1, 0.15) is 30.9 Å². The largest absolute Gasteiger partial charge is 0.481 e. The number of carboxylic acids is 1. The number of carbonyl (C=O) groups is 1. The van der Waals surface area contributed by atoms with Gasteiger partial charge in [-0.3, -0.25) is 4.79 Å². The van der Waals surface area contributed by atoms with E-state index in [1.165, 1.54) is 11.3 Å². The highest BCUT2D eigenvalue weighted by Gasteiger charge is 2.28. The van der Waals surface area contributed by atoms with Crippen LogP contribution in [-0.4, -0.2) is 24.2 Å². The first kappa shape index (κ1) is 11.0. The fraction of sp³-hybridized carbons (Fsp3) is 0.462. The number of hydrogen-bond acceptors (Lipinski definition) is 2. The molecule has 86 valence electrons. The maximum absolute atomic E-state index is 11.0. The minimum Gasteiger partial charge on any atom is -0.481 e. The van der Waals surface area contributed by atoms with Gasteiger partial charge in [0.1, 0.15) is 0 Å². The standard InChI is InChI=1S/C13H17NO2/c1-8-7-11-10(9(2)13(15)16)5-4-6-12(11)14(8)3/h4-6,8-9H,7H2,1-3H3,(H,15,16). The van der Waals surface area contributed by atoms with Crippen molar-refractivity contribution in [1.82, 2.24) is 0 Å². The molecule has 1 heterocycles. The van der Waals surface area contributed by atoms with Crippen LogP contribution in [-0.2, 0) is 11.2 Å². The van der Waals surface area contributed by atoms with Crippen LogP contribution in [0.15, 0.2) is 18.2 Å². The zero-order valence-corrected chi connectivity index (χ0v) is 9.90. The van der Waals surface area contributed by atoms with Crippen molar-refractivity contribution in [3.8, 4) is 0 Å². The quantitative estimate of drug-likeness (QED) is 0.829. The SMILES string of the molecule is CC(C(=O)O)c1cccc2c1CC(C)N2C. The van der Waals surface area contributed by atoms with Gasteiger partial charge in [-0.05, 0) is 37.5 Å². The summed E-state index contributed by atoms with van der Waals surface area (Å²) in [6, 6.07) is 6.40. The molecule has 3 nitrogen and oxygen atoms in total. The molecule has 16 heavy (non-hydrogen) atoms. The van der Waals surface area contributed by atoms with E-state index in [2.05, 4.69) is 24.9 Å². The van der Waals surface area contributed by atoms with Gasteiger partial charge in [0.25, 0.3) is 0 Å². The van der Waals surface area contributed by atoms with E-state index in [0.717, 1.165) is 12.0 Å². The normalized spacial score (nSPS) is 20.7. The zero-order chi connectivity index (χ0) is 11.9. The third kappa shape index (κ3) is 1.56. The van der Waals surface area contributed by atoms with Crippen LogP contribution in [0.4, 0.5) is 5.69 Å². The van der Waals surface area contributed by atoms with Crippen molar-refractivity contribution in [2.24, 2.45) is 0 Å². The zero-order valence-electron chi connectivity index (χ0n) is 9.90. The average molecular weight is 219 g/mol. The Hall–Kier alpha value is -1.51. The number of rotatable bonds is 2. The van der Waals surface area contributed by atoms with Crippen LogP contribution in [0, 0.1) is 0 Å². The van der Waals surface area contributed by atoms with Crippen molar-refractivity contribution in [3.63, 3.8) is 0 Å². The summed E-state index contributed by atoms with van der Waals surface area (Å²) in [6.45, 7) is 3.91. The smallest absolute Gasteiger partial charge is 0.310 e. The molecule has 2 rings (SSSR count). The van der Waals surface area contributed by atoms with Gasteiger partial charge >= 0.3 is 5.97 Å². The minimum atomic E-state index is -0.754. The molecule has 3 heteroatoms. The second kappa shape index (κ2) is 3.81. The van der Waals surface area contributed by atoms with E-state index in [1.54, 1.807) is 6.92 Å². The summed E-state index contributed by atoms with van der Waals surface area (Å²) in [7, 11) is 2.06. The molecule has 1 aromatic rings. The molecule has 0 saturated carbocycles. The molecule has 0 aromatic heterocycles. The lowest BCUT2D eigenvalue weighted by molar-refractivity contribution is -0.138. The molecular formula is C13H17NO2. The summed E-state index contributed by atoms with van der Waals surface area (Å²) in [5.74, 6) is -1.18. The van der Waals surface area contributed by atoms with Crippen molar-refractivity contribution >= 4 is 11.7 Å². The van der Waals surface area contributed by atoms with E-state index in [9.17, 15) is 4.79 Å². The van der Waals surface area contributed by atoms with Gasteiger partial charge in [0, 0.05) is 18.8 Å². The van der Waals surface area contributed by atoms with Gasteiger partial charge in [-0.15, -0.1) is 0 Å². The van der Waals surface area contributed by atoms with Crippen molar-refractivity contribution in [1.29, 1.82) is 0 Å². The summed E-state index contributed by atoms with van der Waals surface area (Å²) >= 11 is 0. The molecule has 0 spiro atoms. The van der Waals surface area contributed by atoms with Crippen LogP contribution in [0.5, 0.6) is 0 Å². The number of benzene rings is 1. The highest BCUT2D eigenvalue weighted by Crippen LogP contribution is 2.36. The van der Waals surface area contributed by atoms with E-state index in [4.69, 9.17) is 5.11 Å². The van der Waals surface area contributed by atoms with Crippen LogP contribution < -0.4 is 4.90 Å². The van der Waals surface area contributed by atoms with E-state index >= 15 is 0 Å². The average Bonchev–Trinajstić information content (AvgIpc) is 2.54. The molecule has 0 saturated heterocycles. The predicted molar refractivity (Wildman–Crippen MR) is 64.1 cm³/mol. The van der Waals surface area contributed by atoms with Crippen LogP contribution in [0.25, 0.3) is 0 Å². The number of hydrogen-bond donors (Lipinski definition) is 1. The fourth-order valence-electron chi connectivity index (χ4n) is 2.35. The molecule has 0 radical (unpaired) electrons. The fourth-order valence-corrected chi connectivity index (χ4v) is 2.35. The van der Waals surface area contributed by atoms with Crippen LogP contribution in [0.3, 0.4) is 0 Å². The van der Waals surface area contributed by atoms with Crippen molar-refractivity contribution in [2.45, 2.75) is 32.2 Å². The van der Waals surface area contributed by atoms with Gasteiger partial charge in [-0.25, -0.2) is 0 Å². The second-order valence-corrected chi connectivity index (χ2v) is 4.57. The first-order valence-corrected chi connectivity index (χ1v) is 5.59. The molecule has 0 fully saturated rings. The summed E-state index contributed by atoms with van der Waals surface area (Å²) in [6.07, 6.45) is 0.944. The Morgan fingerprint density at radius 1 is 1.56 bits per heavy atom. The van der Waals surface area contributed by atoms with Crippen molar-refractivity contribution in [3.05, 3.63) is 29.3 Å². The van der Waals surface area contributed by atoms with E-state index in [0.29, 0.717) is 6.04 Å². The third-order valence-corrected chi connectivity index (χ3v) is 3.57. The Balaban J connectivity index is 2.48. The minimum absolute atomic E-state index is 0.423. The molecule has 0 amide bonds. The summed E-state index contributed by atoms with van der Waals surface area (Å²) in [5.41, 5.74) is 3.34. The second-order valence-electron chi connectivity index (χ2n) is 4.57. The summed E-state index contributed by atoms with van der Waals surface area (Å²) in [4.78, 5) is 13.3. The summed E-state index contributed by atoms with van der Waals surface area (Å²) in [5, 5.41) is 9.08. The molecular weight excluding hydrogens is 202 g/mol. The molecule has 2 unspecified atom stereocenters. The lowest BCUT2D eigenvalue weighted by Crippen LogP contribution is -2.23. The number of fused-ring (bicyclic) bond motifs is 1. The van der Waals surface area contributed by atoms with Crippen LogP contribution in [0.2, 0.25) is 0 Å². The third-order valence-electron chi connectivity index (χ3n) is 3.57. The number of carboxylic acid groups (broad SMARTS) is 1. The number of aliphatic carboxylic acids is 1. The van der Waals surface area contributed by atoms with Crippen molar-refractivity contribution in [2.75, 3.05) is 11.9 Å². The molecule has 1 aliphatic rings. The lowest BCUT2D eigenvalue weighted by atomic mass is 9.93. The Bertz CT molecular complexity index is 428. The molecule has 1 N–H and O–H groups in total. The van der Waals surface area contributed by atoms with E-state index in [-0.39, 0.29) is 0 Å². The van der Waals surface area contributed by atoms with Gasteiger partial charge < -0.3 is 10.0 Å². The van der Waals surface area contributed by atoms with Gasteiger partial charge in [0.2, 0.25) is 0 Å². The monoisotopic (exact) mass is 219 g/mol. The topological polar surface area (TPSA) is 40.5 Å². The highest BCUT2D eigenvalue weighted by molar-refractivity contribution is 5.78. The van der Waals surface area contributed by atoms with Gasteiger partial charge in [-0.1, -0.05) is 12.1 Å². The Labute approximate surface area is 95.7 Å². The Kier molecular flexibility index (Phi) is 2.62. The predicted octanol–water partition coefficient (Wildman–Crippen LogP) is 2.26. The van der Waals surface area contributed by atoms with E-state index < -0.39 is 11.9 Å². The highest BCUT2D eigenvalue weighted by atomic mass is 16.4. The maximum atomic E-state index is 11.0. The first-order chi connectivity index (χ1) is 7.52. The maximum Gasteiger partial charge on any atom is 0.310 e. The van der Waals surface area contributed by atoms with Gasteiger partial charge in [0.05, 0.1) is 5.92 Å². The number of nitrogens with zero attached hydrogens (tertiary/aromatic N) is 1. The summed E-state index contributed by atoms with van der Waals surface area (Å²) < 4.78 is 0. The molecule has 0 aliphatic carbocycles. The van der Waals surface area contributed by atoms with E-state index in [1.807, 2.05) is 12.1 Å². The molecule has 0 bridgehead atoms. The Morgan fingerprint density at radius 2 is 2.25 bits per heavy atom. The number of anilines is 1. The number of likely N-dealkylation sites (N-methyl/N-ethyl adjacent to an activating group) is 1. The van der Waals surface area contributed by atoms with Crippen molar-refractivity contribution < 1.29 is 9.90 Å². The molecule has 2 atom stereocenters.